The van der Waals surface area contributed by atoms with Gasteiger partial charge in [-0.05, 0) is 43.0 Å². The van der Waals surface area contributed by atoms with Gasteiger partial charge in [0.2, 0.25) is 0 Å². The van der Waals surface area contributed by atoms with E-state index in [-0.39, 0.29) is 0 Å². The standard InChI is InChI=1S/C19H17NO/c1-13-14(2)20-19-6-4-3-5-17(19)18(13)11-15-7-9-16(12-21)10-8-15/h3-10,12H,11H2,1-2H3. The minimum Gasteiger partial charge on any atom is -0.298 e. The predicted molar refractivity (Wildman–Crippen MR) is 85.9 cm³/mol. The molecule has 0 radical (unpaired) electrons. The molecule has 2 heteroatoms. The van der Waals surface area contributed by atoms with E-state index < -0.39 is 0 Å². The zero-order chi connectivity index (χ0) is 14.8. The lowest BCUT2D eigenvalue weighted by Crippen LogP contribution is -1.99. The van der Waals surface area contributed by atoms with Crippen LogP contribution in [0.2, 0.25) is 0 Å². The number of fused-ring (bicyclic) bond motifs is 1. The molecule has 0 aliphatic rings. The van der Waals surface area contributed by atoms with Gasteiger partial charge in [-0.2, -0.15) is 0 Å². The third-order valence-corrected chi connectivity index (χ3v) is 4.01. The van der Waals surface area contributed by atoms with Crippen molar-refractivity contribution in [3.63, 3.8) is 0 Å². The maximum absolute atomic E-state index is 10.7. The fraction of sp³-hybridized carbons (Fsp3) is 0.158. The van der Waals surface area contributed by atoms with Crippen molar-refractivity contribution in [1.82, 2.24) is 4.98 Å². The summed E-state index contributed by atoms with van der Waals surface area (Å²) >= 11 is 0. The Balaban J connectivity index is 2.10. The molecule has 0 spiro atoms. The highest BCUT2D eigenvalue weighted by Crippen LogP contribution is 2.25. The van der Waals surface area contributed by atoms with E-state index in [1.165, 1.54) is 22.1 Å². The molecule has 0 aliphatic heterocycles. The van der Waals surface area contributed by atoms with Crippen LogP contribution in [0.1, 0.15) is 32.7 Å². The van der Waals surface area contributed by atoms with Crippen molar-refractivity contribution in [2.45, 2.75) is 20.3 Å². The normalized spacial score (nSPS) is 10.8. The molecule has 0 N–H and O–H groups in total. The molecular formula is C19H17NO. The van der Waals surface area contributed by atoms with Crippen LogP contribution >= 0.6 is 0 Å². The summed E-state index contributed by atoms with van der Waals surface area (Å²) in [7, 11) is 0. The largest absolute Gasteiger partial charge is 0.298 e. The topological polar surface area (TPSA) is 30.0 Å². The smallest absolute Gasteiger partial charge is 0.150 e. The van der Waals surface area contributed by atoms with Crippen molar-refractivity contribution in [3.8, 4) is 0 Å². The van der Waals surface area contributed by atoms with Crippen LogP contribution in [0.5, 0.6) is 0 Å². The summed E-state index contributed by atoms with van der Waals surface area (Å²) in [6.45, 7) is 4.19. The maximum Gasteiger partial charge on any atom is 0.150 e. The number of aryl methyl sites for hydroxylation is 1. The van der Waals surface area contributed by atoms with Crippen LogP contribution in [0, 0.1) is 13.8 Å². The SMILES string of the molecule is Cc1nc2ccccc2c(Cc2ccc(C=O)cc2)c1C. The quantitative estimate of drug-likeness (QED) is 0.669. The highest BCUT2D eigenvalue weighted by atomic mass is 16.1. The number of hydrogen-bond acceptors (Lipinski definition) is 2. The van der Waals surface area contributed by atoms with Crippen LogP contribution in [0.4, 0.5) is 0 Å². The van der Waals surface area contributed by atoms with Crippen molar-refractivity contribution in [3.05, 3.63) is 76.5 Å². The van der Waals surface area contributed by atoms with E-state index in [1.54, 1.807) is 0 Å². The number of benzene rings is 2. The van der Waals surface area contributed by atoms with E-state index in [0.717, 1.165) is 23.9 Å². The molecule has 0 unspecified atom stereocenters. The van der Waals surface area contributed by atoms with Crippen LogP contribution in [0.15, 0.2) is 48.5 Å². The molecule has 0 saturated heterocycles. The first-order valence-electron chi connectivity index (χ1n) is 7.08. The highest BCUT2D eigenvalue weighted by molar-refractivity contribution is 5.84. The molecule has 0 amide bonds. The van der Waals surface area contributed by atoms with Gasteiger partial charge in [0, 0.05) is 16.6 Å². The Labute approximate surface area is 124 Å². The van der Waals surface area contributed by atoms with E-state index in [1.807, 2.05) is 30.3 Å². The summed E-state index contributed by atoms with van der Waals surface area (Å²) in [6, 6.07) is 16.0. The molecule has 2 nitrogen and oxygen atoms in total. The Morgan fingerprint density at radius 3 is 2.43 bits per heavy atom. The van der Waals surface area contributed by atoms with Crippen LogP contribution in [-0.2, 0) is 6.42 Å². The molecule has 0 aliphatic carbocycles. The fourth-order valence-corrected chi connectivity index (χ4v) is 2.66. The van der Waals surface area contributed by atoms with Crippen LogP contribution in [0.3, 0.4) is 0 Å². The Morgan fingerprint density at radius 1 is 1.00 bits per heavy atom. The molecule has 0 saturated carbocycles. The Kier molecular flexibility index (Phi) is 3.53. The first-order valence-corrected chi connectivity index (χ1v) is 7.08. The van der Waals surface area contributed by atoms with Gasteiger partial charge in [0.1, 0.15) is 6.29 Å². The Bertz CT molecular complexity index is 804. The van der Waals surface area contributed by atoms with E-state index >= 15 is 0 Å². The lowest BCUT2D eigenvalue weighted by Gasteiger charge is -2.12. The van der Waals surface area contributed by atoms with E-state index in [2.05, 4.69) is 37.0 Å². The molecule has 3 aromatic rings. The first-order chi connectivity index (χ1) is 10.2. The summed E-state index contributed by atoms with van der Waals surface area (Å²) in [5.41, 5.74) is 6.60. The lowest BCUT2D eigenvalue weighted by molar-refractivity contribution is 0.112. The van der Waals surface area contributed by atoms with Crippen molar-refractivity contribution >= 4 is 17.2 Å². The fourth-order valence-electron chi connectivity index (χ4n) is 2.66. The second kappa shape index (κ2) is 5.49. The minimum atomic E-state index is 0.714. The maximum atomic E-state index is 10.7. The molecule has 3 rings (SSSR count). The molecule has 21 heavy (non-hydrogen) atoms. The number of aldehydes is 1. The van der Waals surface area contributed by atoms with Crippen LogP contribution in [-0.4, -0.2) is 11.3 Å². The average Bonchev–Trinajstić information content (AvgIpc) is 2.52. The van der Waals surface area contributed by atoms with Crippen LogP contribution in [0.25, 0.3) is 10.9 Å². The van der Waals surface area contributed by atoms with Gasteiger partial charge in [0.15, 0.2) is 0 Å². The number of nitrogens with zero attached hydrogens (tertiary/aromatic N) is 1. The zero-order valence-corrected chi connectivity index (χ0v) is 12.3. The third kappa shape index (κ3) is 2.57. The number of para-hydroxylation sites is 1. The molecule has 0 fully saturated rings. The first kappa shape index (κ1) is 13.5. The number of pyridine rings is 1. The molecule has 2 aromatic carbocycles. The van der Waals surface area contributed by atoms with Crippen LogP contribution < -0.4 is 0 Å². The van der Waals surface area contributed by atoms with Gasteiger partial charge in [0.25, 0.3) is 0 Å². The molecule has 1 heterocycles. The second-order valence-electron chi connectivity index (χ2n) is 5.35. The number of hydrogen-bond donors (Lipinski definition) is 0. The number of carbonyl (C=O) groups excluding carboxylic acids is 1. The van der Waals surface area contributed by atoms with Crippen molar-refractivity contribution < 1.29 is 4.79 Å². The van der Waals surface area contributed by atoms with Crippen molar-refractivity contribution in [2.24, 2.45) is 0 Å². The van der Waals surface area contributed by atoms with Gasteiger partial charge in [-0.15, -0.1) is 0 Å². The van der Waals surface area contributed by atoms with Crippen molar-refractivity contribution in [1.29, 1.82) is 0 Å². The van der Waals surface area contributed by atoms with Crippen molar-refractivity contribution in [2.75, 3.05) is 0 Å². The summed E-state index contributed by atoms with van der Waals surface area (Å²) in [4.78, 5) is 15.4. The van der Waals surface area contributed by atoms with E-state index in [4.69, 9.17) is 0 Å². The number of aromatic nitrogens is 1. The zero-order valence-electron chi connectivity index (χ0n) is 12.3. The monoisotopic (exact) mass is 275 g/mol. The second-order valence-corrected chi connectivity index (χ2v) is 5.35. The third-order valence-electron chi connectivity index (χ3n) is 4.01. The van der Waals surface area contributed by atoms with Gasteiger partial charge >= 0.3 is 0 Å². The van der Waals surface area contributed by atoms with Gasteiger partial charge in [-0.25, -0.2) is 0 Å². The van der Waals surface area contributed by atoms with Gasteiger partial charge in [-0.3, -0.25) is 9.78 Å². The summed E-state index contributed by atoms with van der Waals surface area (Å²) in [6.07, 6.45) is 1.73. The molecular weight excluding hydrogens is 258 g/mol. The molecule has 0 bridgehead atoms. The van der Waals surface area contributed by atoms with Gasteiger partial charge in [0.05, 0.1) is 5.52 Å². The average molecular weight is 275 g/mol. The van der Waals surface area contributed by atoms with E-state index in [0.29, 0.717) is 5.56 Å². The summed E-state index contributed by atoms with van der Waals surface area (Å²) < 4.78 is 0. The van der Waals surface area contributed by atoms with Gasteiger partial charge in [-0.1, -0.05) is 42.5 Å². The van der Waals surface area contributed by atoms with E-state index in [9.17, 15) is 4.79 Å². The lowest BCUT2D eigenvalue weighted by atomic mass is 9.95. The number of rotatable bonds is 3. The molecule has 0 atom stereocenters. The Hall–Kier alpha value is -2.48. The van der Waals surface area contributed by atoms with Gasteiger partial charge < -0.3 is 0 Å². The Morgan fingerprint density at radius 2 is 1.71 bits per heavy atom. The molecule has 104 valence electrons. The molecule has 1 aromatic heterocycles. The summed E-state index contributed by atoms with van der Waals surface area (Å²) in [5.74, 6) is 0. The predicted octanol–water partition coefficient (Wildman–Crippen LogP) is 4.25. The highest BCUT2D eigenvalue weighted by Gasteiger charge is 2.09. The minimum absolute atomic E-state index is 0.714. The number of carbonyl (C=O) groups is 1. The summed E-state index contributed by atoms with van der Waals surface area (Å²) in [5, 5.41) is 1.21.